The van der Waals surface area contributed by atoms with E-state index in [9.17, 15) is 18.3 Å². The van der Waals surface area contributed by atoms with Crippen LogP contribution < -0.4 is 4.72 Å². The lowest BCUT2D eigenvalue weighted by Gasteiger charge is -2.16. The molecule has 2 unspecified atom stereocenters. The van der Waals surface area contributed by atoms with Gasteiger partial charge < -0.3 is 14.4 Å². The smallest absolute Gasteiger partial charge is 0.321 e. The van der Waals surface area contributed by atoms with Crippen molar-refractivity contribution >= 4 is 16.0 Å². The highest BCUT2D eigenvalue weighted by Gasteiger charge is 2.31. The first-order chi connectivity index (χ1) is 11.0. The molecule has 2 N–H and O–H groups in total. The summed E-state index contributed by atoms with van der Waals surface area (Å²) in [4.78, 5) is 15.6. The van der Waals surface area contributed by atoms with Crippen molar-refractivity contribution in [1.82, 2.24) is 14.3 Å². The molecule has 1 aromatic heterocycles. The lowest BCUT2D eigenvalue weighted by Crippen LogP contribution is -2.42. The maximum absolute atomic E-state index is 12.5. The summed E-state index contributed by atoms with van der Waals surface area (Å²) in [6.45, 7) is 1.82. The van der Waals surface area contributed by atoms with Gasteiger partial charge in [-0.2, -0.15) is 4.72 Å². The van der Waals surface area contributed by atoms with Crippen LogP contribution in [-0.2, 0) is 32.5 Å². The van der Waals surface area contributed by atoms with Gasteiger partial charge in [0.1, 0.15) is 11.9 Å². The van der Waals surface area contributed by atoms with Gasteiger partial charge in [0.15, 0.2) is 5.03 Å². The number of hydrogen-bond donors (Lipinski definition) is 2. The highest BCUT2D eigenvalue weighted by Crippen LogP contribution is 2.21. The van der Waals surface area contributed by atoms with E-state index < -0.39 is 22.0 Å². The van der Waals surface area contributed by atoms with E-state index in [1.807, 2.05) is 4.57 Å². The van der Waals surface area contributed by atoms with E-state index in [1.165, 1.54) is 6.20 Å². The van der Waals surface area contributed by atoms with E-state index >= 15 is 0 Å². The first-order valence-corrected chi connectivity index (χ1v) is 9.33. The van der Waals surface area contributed by atoms with Crippen molar-refractivity contribution in [3.8, 4) is 0 Å². The topological polar surface area (TPSA) is 111 Å². The van der Waals surface area contributed by atoms with Gasteiger partial charge in [0.2, 0.25) is 0 Å². The summed E-state index contributed by atoms with van der Waals surface area (Å²) in [6.07, 6.45) is 5.21. The zero-order valence-corrected chi connectivity index (χ0v) is 13.6. The number of hydrogen-bond acceptors (Lipinski definition) is 5. The normalized spacial score (nSPS) is 22.7. The fourth-order valence-corrected chi connectivity index (χ4v) is 4.25. The summed E-state index contributed by atoms with van der Waals surface area (Å²) < 4.78 is 34.3. The number of carboxylic acids is 1. The molecule has 0 aliphatic carbocycles. The number of fused-ring (bicyclic) bond motifs is 1. The molecule has 0 spiro atoms. The highest BCUT2D eigenvalue weighted by molar-refractivity contribution is 7.89. The van der Waals surface area contributed by atoms with Gasteiger partial charge in [0.25, 0.3) is 10.0 Å². The highest BCUT2D eigenvalue weighted by atomic mass is 32.2. The van der Waals surface area contributed by atoms with Gasteiger partial charge in [-0.1, -0.05) is 0 Å². The number of aryl methyl sites for hydroxylation is 2. The minimum Gasteiger partial charge on any atom is -0.480 e. The Labute approximate surface area is 134 Å². The summed E-state index contributed by atoms with van der Waals surface area (Å²) in [6, 6.07) is -1.16. The number of carboxylic acid groups (broad SMARTS) is 1. The van der Waals surface area contributed by atoms with Gasteiger partial charge >= 0.3 is 5.97 Å². The summed E-state index contributed by atoms with van der Waals surface area (Å²) in [5.41, 5.74) is 0. The molecular weight excluding hydrogens is 322 g/mol. The number of aromatic nitrogens is 2. The van der Waals surface area contributed by atoms with E-state index in [0.717, 1.165) is 38.1 Å². The Morgan fingerprint density at radius 1 is 1.52 bits per heavy atom. The molecule has 3 rings (SSSR count). The molecule has 23 heavy (non-hydrogen) atoms. The Balaban J connectivity index is 1.74. The van der Waals surface area contributed by atoms with E-state index in [2.05, 4.69) is 9.71 Å². The number of nitrogens with one attached hydrogen (secondary N) is 1. The van der Waals surface area contributed by atoms with Gasteiger partial charge in [-0.05, 0) is 31.6 Å². The quantitative estimate of drug-likeness (QED) is 0.772. The first kappa shape index (κ1) is 16.4. The predicted octanol–water partition coefficient (Wildman–Crippen LogP) is 0.377. The minimum absolute atomic E-state index is 0.0639. The van der Waals surface area contributed by atoms with Crippen molar-refractivity contribution in [3.63, 3.8) is 0 Å². The summed E-state index contributed by atoms with van der Waals surface area (Å²) in [7, 11) is -3.94. The second-order valence-corrected chi connectivity index (χ2v) is 7.78. The maximum Gasteiger partial charge on any atom is 0.321 e. The molecule has 9 heteroatoms. The maximum atomic E-state index is 12.5. The molecular formula is C14H21N3O5S. The third kappa shape index (κ3) is 3.73. The molecule has 8 nitrogen and oxygen atoms in total. The molecule has 0 saturated carbocycles. The van der Waals surface area contributed by atoms with Crippen molar-refractivity contribution < 1.29 is 23.1 Å². The molecule has 0 radical (unpaired) electrons. The standard InChI is InChI=1S/C14H21N3O5S/c18-14(19)11(7-10-4-6-22-9-10)16-23(20,21)13-8-17-5-2-1-3-12(17)15-13/h8,10-11,16H,1-7,9H2,(H,18,19). The van der Waals surface area contributed by atoms with Gasteiger partial charge in [0, 0.05) is 32.4 Å². The number of rotatable bonds is 6. The largest absolute Gasteiger partial charge is 0.480 e. The molecule has 2 atom stereocenters. The van der Waals surface area contributed by atoms with Crippen LogP contribution in [0.1, 0.15) is 31.5 Å². The van der Waals surface area contributed by atoms with Crippen LogP contribution in [0, 0.1) is 5.92 Å². The zero-order chi connectivity index (χ0) is 16.4. The second kappa shape index (κ2) is 6.58. The molecule has 2 aliphatic rings. The van der Waals surface area contributed by atoms with E-state index in [-0.39, 0.29) is 17.4 Å². The molecule has 128 valence electrons. The van der Waals surface area contributed by atoms with E-state index in [1.54, 1.807) is 0 Å². The Morgan fingerprint density at radius 3 is 3.00 bits per heavy atom. The van der Waals surface area contributed by atoms with Crippen LogP contribution in [0.4, 0.5) is 0 Å². The van der Waals surface area contributed by atoms with Crippen molar-refractivity contribution in [1.29, 1.82) is 0 Å². The van der Waals surface area contributed by atoms with Gasteiger partial charge in [-0.3, -0.25) is 4.79 Å². The van der Waals surface area contributed by atoms with Crippen LogP contribution in [0.5, 0.6) is 0 Å². The summed E-state index contributed by atoms with van der Waals surface area (Å²) >= 11 is 0. The van der Waals surface area contributed by atoms with Gasteiger partial charge in [-0.15, -0.1) is 0 Å². The first-order valence-electron chi connectivity index (χ1n) is 7.84. The SMILES string of the molecule is O=C(O)C(CC1CCOC1)NS(=O)(=O)c1cn2c(n1)CCCC2. The van der Waals surface area contributed by atoms with Crippen molar-refractivity contribution in [3.05, 3.63) is 12.0 Å². The molecule has 0 amide bonds. The summed E-state index contributed by atoms with van der Waals surface area (Å²) in [5, 5.41) is 9.22. The number of aliphatic carboxylic acids is 1. The molecule has 1 aromatic rings. The molecule has 0 bridgehead atoms. The van der Waals surface area contributed by atoms with Crippen LogP contribution in [0.3, 0.4) is 0 Å². The molecule has 3 heterocycles. The van der Waals surface area contributed by atoms with Crippen LogP contribution in [0.25, 0.3) is 0 Å². The Morgan fingerprint density at radius 2 is 2.35 bits per heavy atom. The predicted molar refractivity (Wildman–Crippen MR) is 80.5 cm³/mol. The van der Waals surface area contributed by atoms with Crippen LogP contribution in [0.15, 0.2) is 11.2 Å². The Hall–Kier alpha value is -1.45. The molecule has 1 saturated heterocycles. The second-order valence-electron chi connectivity index (χ2n) is 6.12. The lowest BCUT2D eigenvalue weighted by atomic mass is 10.00. The van der Waals surface area contributed by atoms with Crippen LogP contribution >= 0.6 is 0 Å². The number of imidazole rings is 1. The van der Waals surface area contributed by atoms with Gasteiger partial charge in [-0.25, -0.2) is 13.4 Å². The number of ether oxygens (including phenoxy) is 1. The monoisotopic (exact) mass is 343 g/mol. The fraction of sp³-hybridized carbons (Fsp3) is 0.714. The zero-order valence-electron chi connectivity index (χ0n) is 12.8. The number of nitrogens with zero attached hydrogens (tertiary/aromatic N) is 2. The Bertz CT molecular complexity index is 655. The van der Waals surface area contributed by atoms with Crippen LogP contribution in [-0.4, -0.2) is 48.3 Å². The van der Waals surface area contributed by atoms with E-state index in [0.29, 0.717) is 13.2 Å². The van der Waals surface area contributed by atoms with Crippen molar-refractivity contribution in [2.75, 3.05) is 13.2 Å². The molecule has 0 aromatic carbocycles. The number of sulfonamides is 1. The lowest BCUT2D eigenvalue weighted by molar-refractivity contribution is -0.139. The summed E-state index contributed by atoms with van der Waals surface area (Å²) in [5.74, 6) is -0.369. The number of carbonyl (C=O) groups is 1. The molecule has 1 fully saturated rings. The fourth-order valence-electron chi connectivity index (χ4n) is 3.07. The van der Waals surface area contributed by atoms with Crippen molar-refractivity contribution in [2.45, 2.75) is 49.7 Å². The third-order valence-corrected chi connectivity index (χ3v) is 5.69. The van der Waals surface area contributed by atoms with Crippen molar-refractivity contribution in [2.24, 2.45) is 5.92 Å². The van der Waals surface area contributed by atoms with Gasteiger partial charge in [0.05, 0.1) is 0 Å². The average Bonchev–Trinajstić information content (AvgIpc) is 3.15. The molecule has 2 aliphatic heterocycles. The van der Waals surface area contributed by atoms with Crippen LogP contribution in [0.2, 0.25) is 0 Å². The average molecular weight is 343 g/mol. The van der Waals surface area contributed by atoms with E-state index in [4.69, 9.17) is 4.74 Å². The third-order valence-electron chi connectivity index (χ3n) is 4.35. The Kier molecular flexibility index (Phi) is 4.69. The minimum atomic E-state index is -3.94.